The van der Waals surface area contributed by atoms with Gasteiger partial charge in [0.05, 0.1) is 5.69 Å². The van der Waals surface area contributed by atoms with Gasteiger partial charge >= 0.3 is 6.03 Å². The molecular weight excluding hydrogens is 362 g/mol. The molecule has 0 atom stereocenters. The summed E-state index contributed by atoms with van der Waals surface area (Å²) in [5.74, 6) is 12.0. The Labute approximate surface area is 161 Å². The van der Waals surface area contributed by atoms with E-state index in [1.165, 1.54) is 18.8 Å². The molecule has 0 spiro atoms. The highest BCUT2D eigenvalue weighted by atomic mass is 32.2. The van der Waals surface area contributed by atoms with Gasteiger partial charge in [-0.15, -0.1) is 0 Å². The second-order valence-corrected chi connectivity index (χ2v) is 6.92. The Morgan fingerprint density at radius 3 is 2.59 bits per heavy atom. The largest absolute Gasteiger partial charge is 0.439 e. The van der Waals surface area contributed by atoms with E-state index in [1.54, 1.807) is 12.3 Å². The number of hydrogen-bond donors (Lipinski definition) is 2. The summed E-state index contributed by atoms with van der Waals surface area (Å²) in [5.41, 5.74) is 4.30. The van der Waals surface area contributed by atoms with Crippen LogP contribution in [0.25, 0.3) is 11.3 Å². The number of benzene rings is 2. The molecule has 0 aliphatic heterocycles. The first-order valence-corrected chi connectivity index (χ1v) is 9.25. The molecule has 0 fully saturated rings. The molecule has 0 unspecified atom stereocenters. The minimum Gasteiger partial charge on any atom is -0.439 e. The number of amides is 2. The van der Waals surface area contributed by atoms with E-state index in [0.717, 1.165) is 32.4 Å². The zero-order chi connectivity index (χ0) is 19.4. The van der Waals surface area contributed by atoms with Crippen molar-refractivity contribution in [3.8, 4) is 11.3 Å². The van der Waals surface area contributed by atoms with Gasteiger partial charge in [-0.1, -0.05) is 54.2 Å². The molecule has 0 saturated carbocycles. The second kappa shape index (κ2) is 8.26. The van der Waals surface area contributed by atoms with Gasteiger partial charge in [-0.3, -0.25) is 5.01 Å². The molecule has 0 saturated heterocycles. The lowest BCUT2D eigenvalue weighted by Gasteiger charge is -2.23. The Morgan fingerprint density at radius 1 is 1.15 bits per heavy atom. The Hall–Kier alpha value is -2.81. The lowest BCUT2D eigenvalue weighted by atomic mass is 10.1. The van der Waals surface area contributed by atoms with Gasteiger partial charge in [0.2, 0.25) is 0 Å². The number of carbonyl (C=O) groups excluding carboxylic acids is 1. The van der Waals surface area contributed by atoms with Crippen LogP contribution in [-0.4, -0.2) is 23.1 Å². The van der Waals surface area contributed by atoms with Crippen LogP contribution in [0.3, 0.4) is 0 Å². The van der Waals surface area contributed by atoms with Crippen molar-refractivity contribution in [2.45, 2.75) is 17.9 Å². The standard InChI is InChI=1S/C19H21N5O2S/c1-13-7-6-10-17(24(21)19(25)23(2)20)15(13)12-27-18-22-16(11-26-18)14-8-4-3-5-9-14/h3-11H,12,20-21H2,1-2H3. The molecule has 8 heteroatoms. The lowest BCUT2D eigenvalue weighted by Crippen LogP contribution is -2.49. The number of nitrogens with zero attached hydrogens (tertiary/aromatic N) is 3. The molecule has 140 valence electrons. The summed E-state index contributed by atoms with van der Waals surface area (Å²) in [5, 5.41) is 2.54. The SMILES string of the molecule is Cc1cccc(N(N)C(=O)N(C)N)c1CSc1nc(-c2ccccc2)co1. The van der Waals surface area contributed by atoms with Crippen LogP contribution in [0.5, 0.6) is 0 Å². The molecule has 0 aliphatic carbocycles. The maximum atomic E-state index is 12.1. The topological polar surface area (TPSA) is 102 Å². The first kappa shape index (κ1) is 19.0. The number of carbonyl (C=O) groups is 1. The van der Waals surface area contributed by atoms with Gasteiger partial charge < -0.3 is 4.42 Å². The predicted molar refractivity (Wildman–Crippen MR) is 107 cm³/mol. The maximum Gasteiger partial charge on any atom is 0.352 e. The molecule has 4 N–H and O–H groups in total. The molecule has 0 bridgehead atoms. The van der Waals surface area contributed by atoms with Crippen LogP contribution in [-0.2, 0) is 5.75 Å². The number of aromatic nitrogens is 1. The fourth-order valence-corrected chi connectivity index (χ4v) is 3.49. The molecule has 27 heavy (non-hydrogen) atoms. The molecule has 3 aromatic rings. The van der Waals surface area contributed by atoms with Gasteiger partial charge in [-0.25, -0.2) is 26.5 Å². The maximum absolute atomic E-state index is 12.1. The number of urea groups is 1. The van der Waals surface area contributed by atoms with Crippen LogP contribution in [0, 0.1) is 6.92 Å². The van der Waals surface area contributed by atoms with E-state index in [4.69, 9.17) is 16.1 Å². The number of anilines is 1. The Bertz CT molecular complexity index is 927. The fourth-order valence-electron chi connectivity index (χ4n) is 2.57. The minimum atomic E-state index is -0.505. The van der Waals surface area contributed by atoms with Crippen molar-refractivity contribution in [2.24, 2.45) is 11.7 Å². The van der Waals surface area contributed by atoms with Crippen LogP contribution >= 0.6 is 11.8 Å². The van der Waals surface area contributed by atoms with E-state index < -0.39 is 6.03 Å². The van der Waals surface area contributed by atoms with E-state index in [9.17, 15) is 4.79 Å². The number of aryl methyl sites for hydroxylation is 1. The highest BCUT2D eigenvalue weighted by molar-refractivity contribution is 7.98. The van der Waals surface area contributed by atoms with Crippen molar-refractivity contribution >= 4 is 23.5 Å². The summed E-state index contributed by atoms with van der Waals surface area (Å²) in [6, 6.07) is 14.9. The molecule has 1 aromatic heterocycles. The first-order chi connectivity index (χ1) is 13.0. The predicted octanol–water partition coefficient (Wildman–Crippen LogP) is 3.55. The van der Waals surface area contributed by atoms with Gasteiger partial charge in [0.25, 0.3) is 5.22 Å². The molecule has 2 amide bonds. The van der Waals surface area contributed by atoms with Crippen molar-refractivity contribution in [3.63, 3.8) is 0 Å². The van der Waals surface area contributed by atoms with Gasteiger partial charge in [0, 0.05) is 18.4 Å². The van der Waals surface area contributed by atoms with Crippen LogP contribution in [0.1, 0.15) is 11.1 Å². The van der Waals surface area contributed by atoms with Crippen molar-refractivity contribution in [1.82, 2.24) is 9.99 Å². The van der Waals surface area contributed by atoms with E-state index in [2.05, 4.69) is 4.98 Å². The highest BCUT2D eigenvalue weighted by Gasteiger charge is 2.19. The Balaban J connectivity index is 1.79. The monoisotopic (exact) mass is 383 g/mol. The van der Waals surface area contributed by atoms with Crippen molar-refractivity contribution in [2.75, 3.05) is 12.1 Å². The fraction of sp³-hybridized carbons (Fsp3) is 0.158. The Morgan fingerprint density at radius 2 is 1.89 bits per heavy atom. The molecule has 7 nitrogen and oxygen atoms in total. The molecule has 0 aliphatic rings. The van der Waals surface area contributed by atoms with E-state index in [-0.39, 0.29) is 0 Å². The van der Waals surface area contributed by atoms with Crippen molar-refractivity contribution < 1.29 is 9.21 Å². The summed E-state index contributed by atoms with van der Waals surface area (Å²) in [4.78, 5) is 16.6. The normalized spacial score (nSPS) is 10.7. The second-order valence-electron chi connectivity index (χ2n) is 5.99. The third kappa shape index (κ3) is 4.30. The summed E-state index contributed by atoms with van der Waals surface area (Å²) < 4.78 is 5.58. The molecule has 1 heterocycles. The average molecular weight is 383 g/mol. The third-order valence-corrected chi connectivity index (χ3v) is 4.91. The summed E-state index contributed by atoms with van der Waals surface area (Å²) >= 11 is 1.44. The number of hydrogen-bond acceptors (Lipinski definition) is 6. The summed E-state index contributed by atoms with van der Waals surface area (Å²) in [6.07, 6.45) is 1.64. The zero-order valence-electron chi connectivity index (χ0n) is 15.1. The smallest absolute Gasteiger partial charge is 0.352 e. The summed E-state index contributed by atoms with van der Waals surface area (Å²) in [7, 11) is 1.45. The molecule has 2 aromatic carbocycles. The number of rotatable bonds is 5. The Kier molecular flexibility index (Phi) is 5.80. The van der Waals surface area contributed by atoms with Crippen LogP contribution in [0.4, 0.5) is 10.5 Å². The van der Waals surface area contributed by atoms with E-state index in [0.29, 0.717) is 16.7 Å². The van der Waals surface area contributed by atoms with E-state index in [1.807, 2.05) is 49.4 Å². The number of oxazole rings is 1. The molecular formula is C19H21N5O2S. The first-order valence-electron chi connectivity index (χ1n) is 8.27. The minimum absolute atomic E-state index is 0.505. The van der Waals surface area contributed by atoms with Crippen LogP contribution in [0.15, 0.2) is 64.4 Å². The summed E-state index contributed by atoms with van der Waals surface area (Å²) in [6.45, 7) is 1.97. The van der Waals surface area contributed by atoms with Gasteiger partial charge in [-0.2, -0.15) is 0 Å². The van der Waals surface area contributed by atoms with Crippen LogP contribution in [0.2, 0.25) is 0 Å². The van der Waals surface area contributed by atoms with Gasteiger partial charge in [0.1, 0.15) is 12.0 Å². The lowest BCUT2D eigenvalue weighted by molar-refractivity contribution is 0.216. The number of nitrogens with two attached hydrogens (primary N) is 2. The quantitative estimate of drug-likeness (QED) is 0.302. The van der Waals surface area contributed by atoms with Gasteiger partial charge in [0.15, 0.2) is 0 Å². The number of hydrazine groups is 2. The van der Waals surface area contributed by atoms with E-state index >= 15 is 0 Å². The third-order valence-electron chi connectivity index (χ3n) is 4.05. The van der Waals surface area contributed by atoms with Crippen molar-refractivity contribution in [1.29, 1.82) is 0 Å². The van der Waals surface area contributed by atoms with Crippen LogP contribution < -0.4 is 16.7 Å². The highest BCUT2D eigenvalue weighted by Crippen LogP contribution is 2.31. The molecule has 3 rings (SSSR count). The zero-order valence-corrected chi connectivity index (χ0v) is 15.9. The number of thioether (sulfide) groups is 1. The van der Waals surface area contributed by atoms with Gasteiger partial charge in [-0.05, 0) is 24.1 Å². The van der Waals surface area contributed by atoms with Crippen molar-refractivity contribution in [3.05, 3.63) is 65.9 Å². The average Bonchev–Trinajstić information content (AvgIpc) is 3.15. The molecule has 0 radical (unpaired) electrons.